The summed E-state index contributed by atoms with van der Waals surface area (Å²) in [4.78, 5) is 25.0. The number of aliphatic hydroxyl groups excluding tert-OH is 1. The van der Waals surface area contributed by atoms with Crippen molar-refractivity contribution < 1.29 is 14.7 Å². The molecule has 3 rings (SSSR count). The van der Waals surface area contributed by atoms with E-state index in [9.17, 15) is 14.7 Å². The van der Waals surface area contributed by atoms with Gasteiger partial charge in [-0.05, 0) is 41.3 Å². The van der Waals surface area contributed by atoms with Crippen LogP contribution in [-0.2, 0) is 9.59 Å². The molecule has 0 spiro atoms. The lowest BCUT2D eigenvalue weighted by Crippen LogP contribution is -2.37. The van der Waals surface area contributed by atoms with Crippen molar-refractivity contribution in [2.75, 3.05) is 18.1 Å². The molecule has 134 valence electrons. The molecule has 0 bridgehead atoms. The second-order valence-electron chi connectivity index (χ2n) is 5.60. The van der Waals surface area contributed by atoms with E-state index in [-0.39, 0.29) is 6.54 Å². The van der Waals surface area contributed by atoms with E-state index in [1.165, 1.54) is 11.3 Å². The van der Waals surface area contributed by atoms with Crippen molar-refractivity contribution in [3.05, 3.63) is 59.5 Å². The minimum absolute atomic E-state index is 0.0299. The van der Waals surface area contributed by atoms with Crippen LogP contribution in [-0.4, -0.2) is 29.7 Å². The minimum atomic E-state index is -0.872. The van der Waals surface area contributed by atoms with Gasteiger partial charge in [0.2, 0.25) is 0 Å². The van der Waals surface area contributed by atoms with Crippen LogP contribution in [0.15, 0.2) is 58.8 Å². The lowest BCUT2D eigenvalue weighted by molar-refractivity contribution is -0.136. The van der Waals surface area contributed by atoms with Crippen molar-refractivity contribution >= 4 is 50.7 Å². The molecule has 3 N–H and O–H groups in total. The zero-order valence-electron chi connectivity index (χ0n) is 14.1. The molecule has 3 aromatic rings. The quantitative estimate of drug-likeness (QED) is 0.464. The Hall–Kier alpha value is -2.35. The van der Waals surface area contributed by atoms with E-state index in [0.717, 1.165) is 20.5 Å². The van der Waals surface area contributed by atoms with Gasteiger partial charge in [0.05, 0.1) is 6.10 Å². The number of thiophene rings is 1. The molecule has 1 atom stereocenters. The average molecular weight is 386 g/mol. The summed E-state index contributed by atoms with van der Waals surface area (Å²) in [5.74, 6) is -1.54. The summed E-state index contributed by atoms with van der Waals surface area (Å²) < 4.78 is 1.07. The van der Waals surface area contributed by atoms with Gasteiger partial charge in [0.1, 0.15) is 0 Å². The largest absolute Gasteiger partial charge is 0.387 e. The smallest absolute Gasteiger partial charge is 0.313 e. The van der Waals surface area contributed by atoms with Crippen LogP contribution < -0.4 is 10.6 Å². The fourth-order valence-electron chi connectivity index (χ4n) is 2.52. The lowest BCUT2D eigenvalue weighted by atomic mass is 10.1. The molecular weight excluding hydrogens is 368 g/mol. The van der Waals surface area contributed by atoms with Crippen LogP contribution in [0.25, 0.3) is 10.1 Å². The van der Waals surface area contributed by atoms with Gasteiger partial charge in [-0.3, -0.25) is 9.59 Å². The van der Waals surface area contributed by atoms with Gasteiger partial charge in [0.15, 0.2) is 0 Å². The number of rotatable bonds is 5. The number of thioether (sulfide) groups is 1. The molecule has 1 heterocycles. The molecule has 26 heavy (non-hydrogen) atoms. The Kier molecular flexibility index (Phi) is 5.92. The maximum atomic E-state index is 12.0. The van der Waals surface area contributed by atoms with Crippen LogP contribution in [0.4, 0.5) is 5.69 Å². The standard InChI is InChI=1S/C19H18N2O3S2/c1-25-13-6-4-5-12(9-13)21-19(24)18(23)20-10-16(22)15-11-26-17-8-3-2-7-14(15)17/h2-9,11,16,22H,10H2,1H3,(H,20,23)(H,21,24). The number of fused-ring (bicyclic) bond motifs is 1. The van der Waals surface area contributed by atoms with E-state index in [4.69, 9.17) is 0 Å². The number of benzene rings is 2. The Morgan fingerprint density at radius 3 is 2.77 bits per heavy atom. The van der Waals surface area contributed by atoms with Gasteiger partial charge in [-0.2, -0.15) is 0 Å². The number of carbonyl (C=O) groups is 2. The van der Waals surface area contributed by atoms with Crippen LogP contribution in [0.2, 0.25) is 0 Å². The van der Waals surface area contributed by atoms with Crippen LogP contribution in [0, 0.1) is 0 Å². The summed E-state index contributed by atoms with van der Waals surface area (Å²) >= 11 is 3.08. The van der Waals surface area contributed by atoms with Crippen molar-refractivity contribution in [1.82, 2.24) is 5.32 Å². The van der Waals surface area contributed by atoms with E-state index >= 15 is 0 Å². The van der Waals surface area contributed by atoms with Crippen molar-refractivity contribution in [3.8, 4) is 0 Å². The van der Waals surface area contributed by atoms with Crippen molar-refractivity contribution in [2.24, 2.45) is 0 Å². The molecule has 5 nitrogen and oxygen atoms in total. The number of amides is 2. The molecule has 2 amide bonds. The number of hydrogen-bond donors (Lipinski definition) is 3. The van der Waals surface area contributed by atoms with E-state index in [1.807, 2.05) is 48.0 Å². The molecule has 0 aliphatic heterocycles. The zero-order chi connectivity index (χ0) is 18.5. The van der Waals surface area contributed by atoms with E-state index < -0.39 is 17.9 Å². The SMILES string of the molecule is CSc1cccc(NC(=O)C(=O)NCC(O)c2csc3ccccc23)c1. The third-order valence-electron chi connectivity index (χ3n) is 3.86. The lowest BCUT2D eigenvalue weighted by Gasteiger charge is -2.12. The van der Waals surface area contributed by atoms with Gasteiger partial charge in [-0.15, -0.1) is 23.1 Å². The summed E-state index contributed by atoms with van der Waals surface area (Å²) in [6.45, 7) is -0.0299. The molecule has 0 aliphatic rings. The molecule has 7 heteroatoms. The summed E-state index contributed by atoms with van der Waals surface area (Å²) in [6.07, 6.45) is 1.06. The van der Waals surface area contributed by atoms with Crippen LogP contribution in [0.5, 0.6) is 0 Å². The third kappa shape index (κ3) is 4.24. The number of nitrogens with one attached hydrogen (secondary N) is 2. The normalized spacial score (nSPS) is 11.9. The van der Waals surface area contributed by atoms with Gasteiger partial charge >= 0.3 is 11.8 Å². The highest BCUT2D eigenvalue weighted by Crippen LogP contribution is 2.29. The predicted octanol–water partition coefficient (Wildman–Crippen LogP) is 3.41. The van der Waals surface area contributed by atoms with Gasteiger partial charge in [0, 0.05) is 27.4 Å². The van der Waals surface area contributed by atoms with Crippen LogP contribution in [0.3, 0.4) is 0 Å². The first-order valence-electron chi connectivity index (χ1n) is 7.96. The minimum Gasteiger partial charge on any atom is -0.387 e. The molecule has 2 aromatic carbocycles. The fraction of sp³-hybridized carbons (Fsp3) is 0.158. The molecule has 0 aliphatic carbocycles. The highest BCUT2D eigenvalue weighted by Gasteiger charge is 2.18. The molecule has 0 fully saturated rings. The molecule has 0 saturated heterocycles. The third-order valence-corrected chi connectivity index (χ3v) is 5.57. The monoisotopic (exact) mass is 386 g/mol. The summed E-state index contributed by atoms with van der Waals surface area (Å²) in [7, 11) is 0. The van der Waals surface area contributed by atoms with E-state index in [0.29, 0.717) is 5.69 Å². The van der Waals surface area contributed by atoms with Gasteiger partial charge in [0.25, 0.3) is 0 Å². The number of hydrogen-bond acceptors (Lipinski definition) is 5. The Morgan fingerprint density at radius 1 is 1.15 bits per heavy atom. The molecule has 1 unspecified atom stereocenters. The van der Waals surface area contributed by atoms with Crippen LogP contribution in [0.1, 0.15) is 11.7 Å². The highest BCUT2D eigenvalue weighted by molar-refractivity contribution is 7.98. The number of carbonyl (C=O) groups excluding carboxylic acids is 2. The van der Waals surface area contributed by atoms with E-state index in [1.54, 1.807) is 23.9 Å². The van der Waals surface area contributed by atoms with Crippen molar-refractivity contribution in [2.45, 2.75) is 11.0 Å². The van der Waals surface area contributed by atoms with Crippen LogP contribution >= 0.6 is 23.1 Å². The van der Waals surface area contributed by atoms with Gasteiger partial charge in [-0.1, -0.05) is 24.3 Å². The second-order valence-corrected chi connectivity index (χ2v) is 7.39. The van der Waals surface area contributed by atoms with Crippen molar-refractivity contribution in [1.29, 1.82) is 0 Å². The Morgan fingerprint density at radius 2 is 1.96 bits per heavy atom. The number of aliphatic hydroxyl groups is 1. The van der Waals surface area contributed by atoms with E-state index in [2.05, 4.69) is 10.6 Å². The summed E-state index contributed by atoms with van der Waals surface area (Å²) in [5, 5.41) is 18.2. The van der Waals surface area contributed by atoms with Crippen molar-refractivity contribution in [3.63, 3.8) is 0 Å². The maximum Gasteiger partial charge on any atom is 0.313 e. The fourth-order valence-corrected chi connectivity index (χ4v) is 3.99. The predicted molar refractivity (Wildman–Crippen MR) is 107 cm³/mol. The summed E-state index contributed by atoms with van der Waals surface area (Å²) in [6, 6.07) is 15.0. The first kappa shape index (κ1) is 18.4. The number of anilines is 1. The Balaban J connectivity index is 1.58. The zero-order valence-corrected chi connectivity index (χ0v) is 15.7. The summed E-state index contributed by atoms with van der Waals surface area (Å²) in [5.41, 5.74) is 1.31. The maximum absolute atomic E-state index is 12.0. The first-order valence-corrected chi connectivity index (χ1v) is 10.1. The van der Waals surface area contributed by atoms with Gasteiger partial charge < -0.3 is 15.7 Å². The Labute approximate surface area is 159 Å². The second kappa shape index (κ2) is 8.35. The molecule has 0 radical (unpaired) electrons. The van der Waals surface area contributed by atoms with Gasteiger partial charge in [-0.25, -0.2) is 0 Å². The average Bonchev–Trinajstić information content (AvgIpc) is 3.10. The molecule has 0 saturated carbocycles. The molecule has 1 aromatic heterocycles. The topological polar surface area (TPSA) is 78.4 Å². The first-order chi connectivity index (χ1) is 12.6. The Bertz CT molecular complexity index is 939. The highest BCUT2D eigenvalue weighted by atomic mass is 32.2. The molecular formula is C19H18N2O3S2.